The third kappa shape index (κ3) is 2.90. The number of nitrogens with zero attached hydrogens (tertiary/aromatic N) is 3. The van der Waals surface area contributed by atoms with Gasteiger partial charge in [0.1, 0.15) is 5.82 Å². The molecule has 6 heteroatoms. The molecule has 0 aliphatic rings. The first-order valence-corrected chi connectivity index (χ1v) is 6.93. The lowest BCUT2D eigenvalue weighted by Crippen LogP contribution is -2.16. The molecule has 112 valence electrons. The zero-order valence-corrected chi connectivity index (χ0v) is 12.4. The van der Waals surface area contributed by atoms with Crippen LogP contribution in [0.15, 0.2) is 47.2 Å². The Labute approximate surface area is 127 Å². The van der Waals surface area contributed by atoms with Gasteiger partial charge in [0.2, 0.25) is 5.76 Å². The van der Waals surface area contributed by atoms with Crippen LogP contribution in [0.3, 0.4) is 0 Å². The Kier molecular flexibility index (Phi) is 3.74. The lowest BCUT2D eigenvalue weighted by Gasteiger charge is -2.09. The van der Waals surface area contributed by atoms with Gasteiger partial charge in [-0.1, -0.05) is 35.0 Å². The third-order valence-electron chi connectivity index (χ3n) is 3.33. The van der Waals surface area contributed by atoms with Crippen molar-refractivity contribution in [2.45, 2.75) is 20.4 Å². The van der Waals surface area contributed by atoms with Gasteiger partial charge < -0.3 is 9.84 Å². The minimum atomic E-state index is -0.341. The van der Waals surface area contributed by atoms with Crippen molar-refractivity contribution in [3.63, 3.8) is 0 Å². The summed E-state index contributed by atoms with van der Waals surface area (Å²) in [5.74, 6) is 0.484. The van der Waals surface area contributed by atoms with E-state index in [2.05, 4.69) is 21.6 Å². The number of anilines is 1. The van der Waals surface area contributed by atoms with E-state index in [1.165, 1.54) is 17.8 Å². The molecule has 1 amide bonds. The number of carbonyl (C=O) groups is 1. The van der Waals surface area contributed by atoms with Crippen LogP contribution in [-0.4, -0.2) is 20.8 Å². The van der Waals surface area contributed by atoms with E-state index in [9.17, 15) is 4.79 Å². The van der Waals surface area contributed by atoms with Gasteiger partial charge in [-0.05, 0) is 19.4 Å². The molecule has 0 saturated carbocycles. The predicted octanol–water partition coefficient (Wildman–Crippen LogP) is 2.79. The molecule has 6 nitrogen and oxygen atoms in total. The van der Waals surface area contributed by atoms with Crippen LogP contribution in [0.2, 0.25) is 0 Å². The van der Waals surface area contributed by atoms with Crippen LogP contribution in [0.1, 0.15) is 27.2 Å². The van der Waals surface area contributed by atoms with Gasteiger partial charge in [-0.25, -0.2) is 4.68 Å². The molecule has 0 spiro atoms. The van der Waals surface area contributed by atoms with Crippen molar-refractivity contribution in [2.75, 3.05) is 5.32 Å². The van der Waals surface area contributed by atoms with Crippen molar-refractivity contribution in [3.8, 4) is 0 Å². The fraction of sp³-hybridized carbons (Fsp3) is 0.188. The third-order valence-corrected chi connectivity index (χ3v) is 3.33. The molecule has 0 unspecified atom stereocenters. The summed E-state index contributed by atoms with van der Waals surface area (Å²) in [5.41, 5.74) is 3.20. The van der Waals surface area contributed by atoms with Gasteiger partial charge in [0.05, 0.1) is 18.9 Å². The summed E-state index contributed by atoms with van der Waals surface area (Å²) in [6, 6.07) is 9.70. The highest BCUT2D eigenvalue weighted by Crippen LogP contribution is 2.17. The highest BCUT2D eigenvalue weighted by Gasteiger charge is 2.15. The number of amides is 1. The number of rotatable bonds is 4. The fourth-order valence-electron chi connectivity index (χ4n) is 2.25. The quantitative estimate of drug-likeness (QED) is 0.803. The van der Waals surface area contributed by atoms with Crippen LogP contribution < -0.4 is 5.32 Å². The van der Waals surface area contributed by atoms with Gasteiger partial charge in [-0.15, -0.1) is 0 Å². The number of aryl methyl sites for hydroxylation is 2. The molecule has 1 N–H and O–H groups in total. The van der Waals surface area contributed by atoms with Crippen molar-refractivity contribution in [1.82, 2.24) is 14.9 Å². The largest absolute Gasteiger partial charge is 0.351 e. The molecule has 0 aliphatic heterocycles. The maximum atomic E-state index is 12.1. The normalized spacial score (nSPS) is 10.6. The molecule has 0 saturated heterocycles. The van der Waals surface area contributed by atoms with E-state index in [-0.39, 0.29) is 11.7 Å². The van der Waals surface area contributed by atoms with Gasteiger partial charge in [-0.3, -0.25) is 4.79 Å². The zero-order valence-electron chi connectivity index (χ0n) is 12.4. The minimum absolute atomic E-state index is 0.169. The molecule has 0 aliphatic carbocycles. The Morgan fingerprint density at radius 1 is 1.32 bits per heavy atom. The van der Waals surface area contributed by atoms with Crippen molar-refractivity contribution < 1.29 is 9.32 Å². The van der Waals surface area contributed by atoms with E-state index in [0.717, 1.165) is 11.1 Å². The van der Waals surface area contributed by atoms with E-state index in [0.29, 0.717) is 12.4 Å². The summed E-state index contributed by atoms with van der Waals surface area (Å²) >= 11 is 0. The Bertz CT molecular complexity index is 790. The lowest BCUT2D eigenvalue weighted by atomic mass is 10.1. The van der Waals surface area contributed by atoms with E-state index >= 15 is 0 Å². The molecule has 0 atom stereocenters. The predicted molar refractivity (Wildman–Crippen MR) is 81.7 cm³/mol. The molecule has 0 bridgehead atoms. The van der Waals surface area contributed by atoms with E-state index < -0.39 is 0 Å². The average molecular weight is 296 g/mol. The smallest absolute Gasteiger partial charge is 0.295 e. The maximum Gasteiger partial charge on any atom is 0.295 e. The number of carbonyl (C=O) groups excluding carboxylic acids is 1. The van der Waals surface area contributed by atoms with Crippen LogP contribution in [0.4, 0.5) is 5.82 Å². The minimum Gasteiger partial charge on any atom is -0.351 e. The van der Waals surface area contributed by atoms with Crippen LogP contribution in [-0.2, 0) is 6.54 Å². The van der Waals surface area contributed by atoms with Crippen LogP contribution in [0.25, 0.3) is 0 Å². The molecule has 2 heterocycles. The average Bonchev–Trinajstić information content (AvgIpc) is 3.12. The second-order valence-electron chi connectivity index (χ2n) is 5.15. The Hall–Kier alpha value is -2.89. The van der Waals surface area contributed by atoms with Gasteiger partial charge >= 0.3 is 0 Å². The summed E-state index contributed by atoms with van der Waals surface area (Å²) in [7, 11) is 0. The highest BCUT2D eigenvalue weighted by molar-refractivity contribution is 6.01. The van der Waals surface area contributed by atoms with Gasteiger partial charge in [0.15, 0.2) is 0 Å². The van der Waals surface area contributed by atoms with E-state index in [4.69, 9.17) is 4.52 Å². The first-order chi connectivity index (χ1) is 10.6. The number of aromatic nitrogens is 3. The SMILES string of the molecule is Cc1cccc(Cn2ncc(C)c2NC(=O)c2ccno2)c1. The molecule has 0 fully saturated rings. The van der Waals surface area contributed by atoms with Gasteiger partial charge in [0.25, 0.3) is 5.91 Å². The Balaban J connectivity index is 1.83. The monoisotopic (exact) mass is 296 g/mol. The summed E-state index contributed by atoms with van der Waals surface area (Å²) in [4.78, 5) is 12.1. The fourth-order valence-corrected chi connectivity index (χ4v) is 2.25. The van der Waals surface area contributed by atoms with Crippen molar-refractivity contribution in [3.05, 3.63) is 65.2 Å². The number of hydrogen-bond donors (Lipinski definition) is 1. The first kappa shape index (κ1) is 14.1. The van der Waals surface area contributed by atoms with E-state index in [1.807, 2.05) is 32.0 Å². The molecule has 0 radical (unpaired) electrons. The first-order valence-electron chi connectivity index (χ1n) is 6.93. The van der Waals surface area contributed by atoms with Crippen LogP contribution in [0.5, 0.6) is 0 Å². The van der Waals surface area contributed by atoms with Gasteiger partial charge in [0, 0.05) is 11.6 Å². The topological polar surface area (TPSA) is 73.0 Å². The molecular weight excluding hydrogens is 280 g/mol. The standard InChI is InChI=1S/C16H16N4O2/c1-11-4-3-5-13(8-11)10-20-15(12(2)9-17-20)19-16(21)14-6-7-18-22-14/h3-9H,10H2,1-2H3,(H,19,21). The number of hydrogen-bond acceptors (Lipinski definition) is 4. The summed E-state index contributed by atoms with van der Waals surface area (Å²) in [5, 5.41) is 10.7. The summed E-state index contributed by atoms with van der Waals surface area (Å²) in [6.45, 7) is 4.53. The van der Waals surface area contributed by atoms with E-state index in [1.54, 1.807) is 10.9 Å². The molecule has 1 aromatic carbocycles. The Morgan fingerprint density at radius 3 is 2.91 bits per heavy atom. The van der Waals surface area contributed by atoms with Crippen molar-refractivity contribution in [2.24, 2.45) is 0 Å². The lowest BCUT2D eigenvalue weighted by molar-refractivity contribution is 0.0987. The summed E-state index contributed by atoms with van der Waals surface area (Å²) in [6.07, 6.45) is 3.16. The number of benzene rings is 1. The van der Waals surface area contributed by atoms with Crippen LogP contribution in [0, 0.1) is 13.8 Å². The second-order valence-corrected chi connectivity index (χ2v) is 5.15. The molecule has 2 aromatic heterocycles. The van der Waals surface area contributed by atoms with Gasteiger partial charge in [-0.2, -0.15) is 5.10 Å². The van der Waals surface area contributed by atoms with Crippen LogP contribution >= 0.6 is 0 Å². The van der Waals surface area contributed by atoms with Crippen molar-refractivity contribution >= 4 is 11.7 Å². The Morgan fingerprint density at radius 2 is 2.18 bits per heavy atom. The zero-order chi connectivity index (χ0) is 15.5. The summed E-state index contributed by atoms with van der Waals surface area (Å²) < 4.78 is 6.63. The molecular formula is C16H16N4O2. The second kappa shape index (κ2) is 5.85. The number of nitrogens with one attached hydrogen (secondary N) is 1. The molecule has 3 rings (SSSR count). The highest BCUT2D eigenvalue weighted by atomic mass is 16.5. The molecule has 22 heavy (non-hydrogen) atoms. The van der Waals surface area contributed by atoms with Crippen molar-refractivity contribution in [1.29, 1.82) is 0 Å². The molecule has 3 aromatic rings. The maximum absolute atomic E-state index is 12.1.